The summed E-state index contributed by atoms with van der Waals surface area (Å²) in [5, 5.41) is 20.3. The summed E-state index contributed by atoms with van der Waals surface area (Å²) in [7, 11) is -3.08. The average molecular weight is 493 g/mol. The van der Waals surface area contributed by atoms with Crippen LogP contribution in [0, 0.1) is 23.2 Å². The molecule has 1 unspecified atom stereocenters. The van der Waals surface area contributed by atoms with Gasteiger partial charge < -0.3 is 15.1 Å². The van der Waals surface area contributed by atoms with Gasteiger partial charge in [0.15, 0.2) is 0 Å². The van der Waals surface area contributed by atoms with E-state index in [2.05, 4.69) is 37.5 Å². The van der Waals surface area contributed by atoms with E-state index in [1.165, 1.54) is 31.9 Å². The van der Waals surface area contributed by atoms with Crippen molar-refractivity contribution in [3.05, 3.63) is 35.5 Å². The standard InChI is InChI=1S/C27H44N2O4S/c1-19(18-28-12-14-29(15-13-28)34(4,32)33)23-9-10-24-22(6-5-11-27(23,24)3)8-7-21-16-25(30)20(2)26(31)17-21/h7-8,19,23-26,30-31H,2,5-6,9-18H2,1,3-4H3/t19?,23-,24+,25-,26+,27-/m1/s1. The minimum atomic E-state index is -3.08. The summed E-state index contributed by atoms with van der Waals surface area (Å²) in [5.41, 5.74) is 3.52. The van der Waals surface area contributed by atoms with Crippen molar-refractivity contribution in [1.29, 1.82) is 0 Å². The van der Waals surface area contributed by atoms with Crippen LogP contribution in [0.25, 0.3) is 0 Å². The zero-order valence-electron chi connectivity index (χ0n) is 21.2. The second-order valence-corrected chi connectivity index (χ2v) is 13.6. The van der Waals surface area contributed by atoms with Crippen molar-refractivity contribution in [3.63, 3.8) is 0 Å². The number of hydrogen-bond acceptors (Lipinski definition) is 5. The maximum atomic E-state index is 11.8. The van der Waals surface area contributed by atoms with Gasteiger partial charge in [-0.25, -0.2) is 8.42 Å². The Hall–Kier alpha value is -0.990. The molecule has 0 aromatic carbocycles. The Bertz CT molecular complexity index is 918. The van der Waals surface area contributed by atoms with Gasteiger partial charge in [0.25, 0.3) is 0 Å². The SMILES string of the molecule is C=C1[C@H](O)CC(=CC=C2CCC[C@]3(C)[C@@H](C(C)CN4CCN(S(C)(=O)=O)CC4)CC[C@@H]23)C[C@@H]1O. The van der Waals surface area contributed by atoms with E-state index in [0.29, 0.717) is 54.7 Å². The van der Waals surface area contributed by atoms with E-state index in [0.717, 1.165) is 31.6 Å². The summed E-state index contributed by atoms with van der Waals surface area (Å²) in [4.78, 5) is 2.46. The van der Waals surface area contributed by atoms with Gasteiger partial charge in [0.05, 0.1) is 18.5 Å². The van der Waals surface area contributed by atoms with Crippen LogP contribution in [0.3, 0.4) is 0 Å². The molecule has 7 heteroatoms. The molecule has 4 fully saturated rings. The summed E-state index contributed by atoms with van der Waals surface area (Å²) < 4.78 is 25.3. The van der Waals surface area contributed by atoms with Gasteiger partial charge in [-0.05, 0) is 73.7 Å². The molecule has 0 aromatic rings. The van der Waals surface area contributed by atoms with Crippen LogP contribution >= 0.6 is 0 Å². The van der Waals surface area contributed by atoms with Gasteiger partial charge in [0.1, 0.15) is 0 Å². The Labute approximate surface area is 206 Å². The fourth-order valence-electron chi connectivity index (χ4n) is 7.42. The van der Waals surface area contributed by atoms with Gasteiger partial charge in [-0.1, -0.05) is 43.7 Å². The van der Waals surface area contributed by atoms with Gasteiger partial charge >= 0.3 is 0 Å². The molecular formula is C27H44N2O4S. The molecule has 4 rings (SSSR count). The highest BCUT2D eigenvalue weighted by Crippen LogP contribution is 2.59. The smallest absolute Gasteiger partial charge is 0.211 e. The fourth-order valence-corrected chi connectivity index (χ4v) is 8.24. The second-order valence-electron chi connectivity index (χ2n) is 11.6. The fraction of sp³-hybridized carbons (Fsp3) is 0.778. The van der Waals surface area contributed by atoms with Crippen LogP contribution in [-0.2, 0) is 10.0 Å². The summed E-state index contributed by atoms with van der Waals surface area (Å²) in [6.07, 6.45) is 11.8. The number of rotatable bonds is 5. The van der Waals surface area contributed by atoms with Crippen LogP contribution in [0.15, 0.2) is 35.5 Å². The van der Waals surface area contributed by atoms with Crippen molar-refractivity contribution >= 4 is 10.0 Å². The normalized spacial score (nSPS) is 39.5. The quantitative estimate of drug-likeness (QED) is 0.576. The van der Waals surface area contributed by atoms with Gasteiger partial charge in [0.2, 0.25) is 10.0 Å². The topological polar surface area (TPSA) is 81.1 Å². The molecule has 4 aliphatic rings. The monoisotopic (exact) mass is 492 g/mol. The molecule has 1 heterocycles. The molecule has 3 aliphatic carbocycles. The first-order chi connectivity index (χ1) is 16.0. The van der Waals surface area contributed by atoms with Gasteiger partial charge in [-0.2, -0.15) is 4.31 Å². The van der Waals surface area contributed by atoms with E-state index < -0.39 is 22.2 Å². The zero-order valence-corrected chi connectivity index (χ0v) is 22.1. The first-order valence-corrected chi connectivity index (χ1v) is 14.9. The summed E-state index contributed by atoms with van der Waals surface area (Å²) >= 11 is 0. The van der Waals surface area contributed by atoms with Crippen LogP contribution in [0.5, 0.6) is 0 Å². The number of fused-ring (bicyclic) bond motifs is 1. The maximum absolute atomic E-state index is 11.8. The Morgan fingerprint density at radius 2 is 1.76 bits per heavy atom. The third kappa shape index (κ3) is 5.39. The predicted octanol–water partition coefficient (Wildman–Crippen LogP) is 3.34. The molecule has 34 heavy (non-hydrogen) atoms. The molecule has 0 aromatic heterocycles. The highest BCUT2D eigenvalue weighted by molar-refractivity contribution is 7.88. The lowest BCUT2D eigenvalue weighted by Crippen LogP contribution is -2.50. The van der Waals surface area contributed by atoms with E-state index in [1.54, 1.807) is 9.88 Å². The lowest BCUT2D eigenvalue weighted by atomic mass is 9.61. The highest BCUT2D eigenvalue weighted by atomic mass is 32.2. The molecule has 0 amide bonds. The lowest BCUT2D eigenvalue weighted by Gasteiger charge is -2.45. The zero-order chi connectivity index (χ0) is 24.7. The van der Waals surface area contributed by atoms with Crippen molar-refractivity contribution in [2.24, 2.45) is 23.2 Å². The number of allylic oxidation sites excluding steroid dienone is 3. The number of nitrogens with zero attached hydrogens (tertiary/aromatic N) is 2. The second kappa shape index (κ2) is 10.2. The van der Waals surface area contributed by atoms with Crippen LogP contribution in [0.1, 0.15) is 58.8 Å². The molecule has 2 N–H and O–H groups in total. The molecule has 1 aliphatic heterocycles. The third-order valence-corrected chi connectivity index (χ3v) is 10.7. The molecule has 0 radical (unpaired) electrons. The van der Waals surface area contributed by atoms with Crippen LogP contribution in [0.2, 0.25) is 0 Å². The van der Waals surface area contributed by atoms with E-state index >= 15 is 0 Å². The van der Waals surface area contributed by atoms with Crippen LogP contribution < -0.4 is 0 Å². The predicted molar refractivity (Wildman–Crippen MR) is 137 cm³/mol. The van der Waals surface area contributed by atoms with Crippen molar-refractivity contribution in [3.8, 4) is 0 Å². The van der Waals surface area contributed by atoms with Crippen LogP contribution in [0.4, 0.5) is 0 Å². The van der Waals surface area contributed by atoms with Crippen molar-refractivity contribution in [2.45, 2.75) is 71.0 Å². The molecule has 192 valence electrons. The average Bonchev–Trinajstić information content (AvgIpc) is 3.13. The lowest BCUT2D eigenvalue weighted by molar-refractivity contribution is 0.0699. The maximum Gasteiger partial charge on any atom is 0.211 e. The summed E-state index contributed by atoms with van der Waals surface area (Å²) in [6.45, 7) is 12.6. The molecule has 1 saturated heterocycles. The van der Waals surface area contributed by atoms with E-state index in [1.807, 2.05) is 0 Å². The molecule has 6 nitrogen and oxygen atoms in total. The number of aliphatic hydroxyl groups excluding tert-OH is 2. The Balaban J connectivity index is 1.40. The van der Waals surface area contributed by atoms with Gasteiger partial charge in [-0.15, -0.1) is 0 Å². The van der Waals surface area contributed by atoms with Crippen molar-refractivity contribution < 1.29 is 18.6 Å². The largest absolute Gasteiger partial charge is 0.388 e. The molecular weight excluding hydrogens is 448 g/mol. The third-order valence-electron chi connectivity index (χ3n) is 9.37. The first-order valence-electron chi connectivity index (χ1n) is 13.1. The molecule has 3 saturated carbocycles. The van der Waals surface area contributed by atoms with E-state index in [4.69, 9.17) is 0 Å². The molecule has 0 bridgehead atoms. The number of hydrogen-bond donors (Lipinski definition) is 2. The van der Waals surface area contributed by atoms with E-state index in [9.17, 15) is 18.6 Å². The Kier molecular flexibility index (Phi) is 7.80. The van der Waals surface area contributed by atoms with Crippen molar-refractivity contribution in [2.75, 3.05) is 39.0 Å². The summed E-state index contributed by atoms with van der Waals surface area (Å²) in [6, 6.07) is 0. The minimum Gasteiger partial charge on any atom is -0.388 e. The Morgan fingerprint density at radius 1 is 1.12 bits per heavy atom. The van der Waals surface area contributed by atoms with E-state index in [-0.39, 0.29) is 0 Å². The van der Waals surface area contributed by atoms with Crippen molar-refractivity contribution in [1.82, 2.24) is 9.21 Å². The van der Waals surface area contributed by atoms with Crippen LogP contribution in [-0.4, -0.2) is 79.0 Å². The number of piperazine rings is 1. The molecule has 0 spiro atoms. The number of aliphatic hydroxyl groups is 2. The van der Waals surface area contributed by atoms with Gasteiger partial charge in [-0.3, -0.25) is 0 Å². The first kappa shape index (κ1) is 26.1. The number of sulfonamides is 1. The molecule has 6 atom stereocenters. The summed E-state index contributed by atoms with van der Waals surface area (Å²) in [5.74, 6) is 1.89. The van der Waals surface area contributed by atoms with Gasteiger partial charge in [0, 0.05) is 32.7 Å². The Morgan fingerprint density at radius 3 is 2.38 bits per heavy atom. The minimum absolute atomic E-state index is 0.316. The highest BCUT2D eigenvalue weighted by Gasteiger charge is 2.50.